The highest BCUT2D eigenvalue weighted by atomic mass is 16.6. The summed E-state index contributed by atoms with van der Waals surface area (Å²) in [5.41, 5.74) is 0. The minimum Gasteiger partial charge on any atom is -0.462 e. The molecule has 0 spiro atoms. The number of unbranched alkanes of at least 4 members (excludes halogenated alkanes) is 29. The summed E-state index contributed by atoms with van der Waals surface area (Å²) in [6, 6.07) is 0. The molecule has 6 nitrogen and oxygen atoms in total. The third-order valence-corrected chi connectivity index (χ3v) is 12.9. The van der Waals surface area contributed by atoms with E-state index in [9.17, 15) is 14.4 Å². The summed E-state index contributed by atoms with van der Waals surface area (Å²) in [5.74, 6) is -0.964. The molecule has 0 aliphatic rings. The lowest BCUT2D eigenvalue weighted by Gasteiger charge is -2.18. The monoisotopic (exact) mass is 989 g/mol. The molecule has 0 aliphatic carbocycles. The third-order valence-electron chi connectivity index (χ3n) is 12.9. The lowest BCUT2D eigenvalue weighted by atomic mass is 10.1. The van der Waals surface area contributed by atoms with E-state index in [0.29, 0.717) is 19.3 Å². The lowest BCUT2D eigenvalue weighted by Crippen LogP contribution is -2.30. The summed E-state index contributed by atoms with van der Waals surface area (Å²) in [5, 5.41) is 0. The van der Waals surface area contributed by atoms with Gasteiger partial charge in [0.2, 0.25) is 0 Å². The first kappa shape index (κ1) is 67.6. The van der Waals surface area contributed by atoms with E-state index in [1.165, 1.54) is 161 Å². The summed E-state index contributed by atoms with van der Waals surface area (Å²) >= 11 is 0. The first-order valence-corrected chi connectivity index (χ1v) is 30.1. The van der Waals surface area contributed by atoms with Crippen molar-refractivity contribution in [2.45, 2.75) is 297 Å². The zero-order valence-electron chi connectivity index (χ0n) is 46.7. The molecular formula is C65H112O6. The van der Waals surface area contributed by atoms with Crippen LogP contribution in [-0.2, 0) is 28.6 Å². The van der Waals surface area contributed by atoms with Crippen molar-refractivity contribution >= 4 is 17.9 Å². The highest BCUT2D eigenvalue weighted by molar-refractivity contribution is 5.71. The summed E-state index contributed by atoms with van der Waals surface area (Å²) in [4.78, 5) is 38.2. The average Bonchev–Trinajstić information content (AvgIpc) is 3.37. The molecule has 0 amide bonds. The van der Waals surface area contributed by atoms with E-state index in [2.05, 4.69) is 106 Å². The van der Waals surface area contributed by atoms with Crippen molar-refractivity contribution in [2.24, 2.45) is 0 Å². The normalized spacial score (nSPS) is 12.7. The minimum atomic E-state index is -0.811. The summed E-state index contributed by atoms with van der Waals surface area (Å²) in [6.45, 7) is 6.49. The van der Waals surface area contributed by atoms with Gasteiger partial charge in [-0.2, -0.15) is 0 Å². The van der Waals surface area contributed by atoms with Gasteiger partial charge >= 0.3 is 17.9 Å². The largest absolute Gasteiger partial charge is 0.462 e. The first-order chi connectivity index (χ1) is 35.0. The van der Waals surface area contributed by atoms with E-state index >= 15 is 0 Å². The van der Waals surface area contributed by atoms with Gasteiger partial charge in [0.15, 0.2) is 6.10 Å². The number of carbonyl (C=O) groups is 3. The Bertz CT molecular complexity index is 1370. The second kappa shape index (κ2) is 59.2. The number of ether oxygens (including phenoxy) is 3. The molecule has 0 heterocycles. The SMILES string of the molecule is CC/C=C\C/C=C\C/C=C\C/C=C\C/C=C\CCCC(=O)OC(COC(=O)CCCCCCC/C=C\CCCCCCCC)COC(=O)CCCCCCCCCCC/C=C\CCCCCCCCCC. The second-order valence-electron chi connectivity index (χ2n) is 19.9. The molecule has 0 aromatic heterocycles. The van der Waals surface area contributed by atoms with Crippen molar-refractivity contribution < 1.29 is 28.6 Å². The average molecular weight is 990 g/mol. The number of carbonyl (C=O) groups excluding carboxylic acids is 3. The maximum Gasteiger partial charge on any atom is 0.306 e. The maximum atomic E-state index is 12.8. The van der Waals surface area contributed by atoms with Crippen LogP contribution in [0.1, 0.15) is 290 Å². The van der Waals surface area contributed by atoms with Crippen LogP contribution in [0.2, 0.25) is 0 Å². The first-order valence-electron chi connectivity index (χ1n) is 30.1. The lowest BCUT2D eigenvalue weighted by molar-refractivity contribution is -0.167. The van der Waals surface area contributed by atoms with Crippen LogP contribution in [0, 0.1) is 0 Å². The molecule has 0 radical (unpaired) electrons. The molecule has 0 aliphatic heterocycles. The third kappa shape index (κ3) is 57.4. The van der Waals surface area contributed by atoms with E-state index in [-0.39, 0.29) is 37.5 Å². The Hall–Kier alpha value is -3.41. The summed E-state index contributed by atoms with van der Waals surface area (Å²) in [6.07, 6.45) is 77.3. The van der Waals surface area contributed by atoms with E-state index in [1.54, 1.807) is 0 Å². The molecular weight excluding hydrogens is 877 g/mol. The molecule has 0 aromatic rings. The predicted octanol–water partition coefficient (Wildman–Crippen LogP) is 20.3. The van der Waals surface area contributed by atoms with Crippen LogP contribution in [0.25, 0.3) is 0 Å². The Labute approximate surface area is 439 Å². The van der Waals surface area contributed by atoms with Gasteiger partial charge in [-0.1, -0.05) is 247 Å². The van der Waals surface area contributed by atoms with Gasteiger partial charge in [-0.3, -0.25) is 14.4 Å². The van der Waals surface area contributed by atoms with Crippen molar-refractivity contribution in [3.05, 3.63) is 85.1 Å². The molecule has 0 saturated heterocycles. The highest BCUT2D eigenvalue weighted by Gasteiger charge is 2.19. The number of allylic oxidation sites excluding steroid dienone is 14. The number of hydrogen-bond donors (Lipinski definition) is 0. The minimum absolute atomic E-state index is 0.102. The number of rotatable bonds is 54. The molecule has 408 valence electrons. The van der Waals surface area contributed by atoms with Crippen LogP contribution in [-0.4, -0.2) is 37.2 Å². The van der Waals surface area contributed by atoms with Crippen LogP contribution in [0.5, 0.6) is 0 Å². The zero-order chi connectivity index (χ0) is 51.4. The Morgan fingerprint density at radius 2 is 0.563 bits per heavy atom. The van der Waals surface area contributed by atoms with Crippen LogP contribution in [0.3, 0.4) is 0 Å². The number of hydrogen-bond acceptors (Lipinski definition) is 6. The number of esters is 3. The summed E-state index contributed by atoms with van der Waals surface area (Å²) in [7, 11) is 0. The van der Waals surface area contributed by atoms with Gasteiger partial charge in [0.05, 0.1) is 0 Å². The van der Waals surface area contributed by atoms with Crippen LogP contribution >= 0.6 is 0 Å². The fourth-order valence-electron chi connectivity index (χ4n) is 8.35. The molecule has 0 fully saturated rings. The summed E-state index contributed by atoms with van der Waals surface area (Å²) < 4.78 is 16.8. The van der Waals surface area contributed by atoms with E-state index in [4.69, 9.17) is 14.2 Å². The van der Waals surface area contributed by atoms with Crippen molar-refractivity contribution in [2.75, 3.05) is 13.2 Å². The molecule has 0 bridgehead atoms. The van der Waals surface area contributed by atoms with Crippen molar-refractivity contribution in [3.8, 4) is 0 Å². The van der Waals surface area contributed by atoms with Crippen molar-refractivity contribution in [3.63, 3.8) is 0 Å². The highest BCUT2D eigenvalue weighted by Crippen LogP contribution is 2.15. The van der Waals surface area contributed by atoms with Crippen LogP contribution < -0.4 is 0 Å². The molecule has 0 saturated carbocycles. The Kier molecular flexibility index (Phi) is 56.3. The molecule has 0 N–H and O–H groups in total. The second-order valence-corrected chi connectivity index (χ2v) is 19.9. The van der Waals surface area contributed by atoms with Crippen molar-refractivity contribution in [1.29, 1.82) is 0 Å². The van der Waals surface area contributed by atoms with Gasteiger partial charge in [-0.05, 0) is 109 Å². The fourth-order valence-corrected chi connectivity index (χ4v) is 8.35. The molecule has 71 heavy (non-hydrogen) atoms. The van der Waals surface area contributed by atoms with Crippen LogP contribution in [0.4, 0.5) is 0 Å². The maximum absolute atomic E-state index is 12.8. The fraction of sp³-hybridized carbons (Fsp3) is 0.738. The van der Waals surface area contributed by atoms with Gasteiger partial charge in [-0.15, -0.1) is 0 Å². The van der Waals surface area contributed by atoms with Gasteiger partial charge in [-0.25, -0.2) is 0 Å². The Morgan fingerprint density at radius 1 is 0.296 bits per heavy atom. The van der Waals surface area contributed by atoms with E-state index < -0.39 is 6.10 Å². The van der Waals surface area contributed by atoms with Gasteiger partial charge in [0, 0.05) is 19.3 Å². The smallest absolute Gasteiger partial charge is 0.306 e. The van der Waals surface area contributed by atoms with Gasteiger partial charge in [0.1, 0.15) is 13.2 Å². The van der Waals surface area contributed by atoms with Crippen molar-refractivity contribution in [1.82, 2.24) is 0 Å². The Balaban J connectivity index is 4.44. The van der Waals surface area contributed by atoms with E-state index in [1.807, 2.05) is 0 Å². The van der Waals surface area contributed by atoms with E-state index in [0.717, 1.165) is 83.5 Å². The molecule has 0 rings (SSSR count). The molecule has 6 heteroatoms. The predicted molar refractivity (Wildman–Crippen MR) is 307 cm³/mol. The zero-order valence-corrected chi connectivity index (χ0v) is 46.7. The van der Waals surface area contributed by atoms with Gasteiger partial charge in [0.25, 0.3) is 0 Å². The van der Waals surface area contributed by atoms with Crippen LogP contribution in [0.15, 0.2) is 85.1 Å². The Morgan fingerprint density at radius 3 is 0.915 bits per heavy atom. The molecule has 1 unspecified atom stereocenters. The standard InChI is InChI=1S/C65H112O6/c1-4-7-10-13-16-19-22-25-28-30-31-32-33-35-37-40-43-46-49-52-55-58-64(67)70-61-62(60-69-63(66)57-54-51-48-45-42-39-36-27-24-21-18-15-12-9-6-3)71-65(68)59-56-53-50-47-44-41-38-34-29-26-23-20-17-14-11-8-5-2/h8,11,17,20,26-27,29-31,36,38,41,47,50,62H,4-7,9-10,12-16,18-19,21-25,28,32-35,37,39-40,42-46,48-49,51-61H2,1-3H3/b11-8-,20-17-,29-26-,31-30-,36-27-,41-38-,50-47-. The molecule has 1 atom stereocenters. The topological polar surface area (TPSA) is 78.9 Å². The van der Waals surface area contributed by atoms with Gasteiger partial charge < -0.3 is 14.2 Å². The molecule has 0 aromatic carbocycles. The quantitative estimate of drug-likeness (QED) is 0.0261.